The Bertz CT molecular complexity index is 458. The van der Waals surface area contributed by atoms with E-state index < -0.39 is 0 Å². The van der Waals surface area contributed by atoms with E-state index in [-0.39, 0.29) is 12.0 Å². The molecule has 0 radical (unpaired) electrons. The van der Waals surface area contributed by atoms with Gasteiger partial charge in [-0.05, 0) is 49.9 Å². The molecule has 1 saturated heterocycles. The maximum Gasteiger partial charge on any atom is 0.220 e. The van der Waals surface area contributed by atoms with Gasteiger partial charge in [0.25, 0.3) is 0 Å². The highest BCUT2D eigenvalue weighted by Gasteiger charge is 2.22. The molecule has 2 N–H and O–H groups in total. The number of benzene rings is 1. The first-order valence-electron chi connectivity index (χ1n) is 8.03. The lowest BCUT2D eigenvalue weighted by Gasteiger charge is -2.22. The predicted octanol–water partition coefficient (Wildman–Crippen LogP) is 1.89. The third-order valence-electron chi connectivity index (χ3n) is 4.42. The molecule has 1 aromatic carbocycles. The highest BCUT2D eigenvalue weighted by Crippen LogP contribution is 2.27. The van der Waals surface area contributed by atoms with Gasteiger partial charge in [-0.3, -0.25) is 4.79 Å². The van der Waals surface area contributed by atoms with Gasteiger partial charge in [-0.25, -0.2) is 0 Å². The van der Waals surface area contributed by atoms with E-state index in [1.807, 2.05) is 18.2 Å². The van der Waals surface area contributed by atoms with Crippen LogP contribution in [0.25, 0.3) is 0 Å². The zero-order valence-corrected chi connectivity index (χ0v) is 12.4. The van der Waals surface area contributed by atoms with Crippen molar-refractivity contribution in [3.63, 3.8) is 0 Å². The van der Waals surface area contributed by atoms with E-state index in [9.17, 15) is 4.79 Å². The summed E-state index contributed by atoms with van der Waals surface area (Å²) in [4.78, 5) is 11.9. The summed E-state index contributed by atoms with van der Waals surface area (Å²) < 4.78 is 5.83. The molecule has 2 heterocycles. The molecular formula is C17H24N2O2. The number of ether oxygens (including phenoxy) is 1. The number of nitrogens with one attached hydrogen (secondary N) is 2. The standard InChI is InChI=1S/C17H24N2O2/c20-17(8-7-13-4-3-9-18-11-13)19-12-15-10-14-5-1-2-6-16(14)21-15/h1-2,5-6,13,15,18H,3-4,7-12H2,(H,19,20). The molecule has 0 aromatic heterocycles. The second-order valence-electron chi connectivity index (χ2n) is 6.11. The molecule has 21 heavy (non-hydrogen) atoms. The Kier molecular flexibility index (Phi) is 4.76. The van der Waals surface area contributed by atoms with E-state index in [0.29, 0.717) is 18.9 Å². The van der Waals surface area contributed by atoms with Crippen molar-refractivity contribution in [2.45, 2.75) is 38.2 Å². The van der Waals surface area contributed by atoms with Crippen molar-refractivity contribution >= 4 is 5.91 Å². The van der Waals surface area contributed by atoms with Gasteiger partial charge in [0.05, 0.1) is 6.54 Å². The lowest BCUT2D eigenvalue weighted by atomic mass is 9.94. The second-order valence-corrected chi connectivity index (χ2v) is 6.11. The van der Waals surface area contributed by atoms with Gasteiger partial charge in [0.15, 0.2) is 0 Å². The molecule has 0 saturated carbocycles. The van der Waals surface area contributed by atoms with Crippen molar-refractivity contribution in [2.24, 2.45) is 5.92 Å². The fourth-order valence-electron chi connectivity index (χ4n) is 3.19. The molecule has 0 aliphatic carbocycles. The van der Waals surface area contributed by atoms with Crippen molar-refractivity contribution < 1.29 is 9.53 Å². The first-order valence-corrected chi connectivity index (χ1v) is 8.03. The largest absolute Gasteiger partial charge is 0.488 e. The van der Waals surface area contributed by atoms with Crippen LogP contribution in [-0.2, 0) is 11.2 Å². The predicted molar refractivity (Wildman–Crippen MR) is 82.4 cm³/mol. The van der Waals surface area contributed by atoms with Crippen LogP contribution in [0.1, 0.15) is 31.2 Å². The molecule has 2 aliphatic heterocycles. The zero-order valence-electron chi connectivity index (χ0n) is 12.4. The van der Waals surface area contributed by atoms with Crippen LogP contribution in [0.5, 0.6) is 5.75 Å². The minimum absolute atomic E-state index is 0.0858. The number of hydrogen-bond donors (Lipinski definition) is 2. The van der Waals surface area contributed by atoms with Gasteiger partial charge in [-0.15, -0.1) is 0 Å². The molecule has 1 fully saturated rings. The van der Waals surface area contributed by atoms with Crippen LogP contribution < -0.4 is 15.4 Å². The van der Waals surface area contributed by atoms with Crippen LogP contribution in [0.4, 0.5) is 0 Å². The number of carbonyl (C=O) groups excluding carboxylic acids is 1. The summed E-state index contributed by atoms with van der Waals surface area (Å²) in [5, 5.41) is 6.41. The average Bonchev–Trinajstić information content (AvgIpc) is 2.95. The normalized spacial score (nSPS) is 24.2. The van der Waals surface area contributed by atoms with E-state index >= 15 is 0 Å². The summed E-state index contributed by atoms with van der Waals surface area (Å²) in [7, 11) is 0. The Balaban J connectivity index is 1.35. The molecule has 1 aromatic rings. The molecule has 0 bridgehead atoms. The average molecular weight is 288 g/mol. The molecule has 114 valence electrons. The molecule has 2 atom stereocenters. The van der Waals surface area contributed by atoms with Crippen LogP contribution >= 0.6 is 0 Å². The SMILES string of the molecule is O=C(CCC1CCCNC1)NCC1Cc2ccccc2O1. The van der Waals surface area contributed by atoms with E-state index in [1.165, 1.54) is 18.4 Å². The number of para-hydroxylation sites is 1. The van der Waals surface area contributed by atoms with E-state index in [2.05, 4.69) is 16.7 Å². The molecular weight excluding hydrogens is 264 g/mol. The fourth-order valence-corrected chi connectivity index (χ4v) is 3.19. The van der Waals surface area contributed by atoms with Crippen molar-refractivity contribution in [3.8, 4) is 5.75 Å². The van der Waals surface area contributed by atoms with Crippen LogP contribution in [0.2, 0.25) is 0 Å². The fraction of sp³-hybridized carbons (Fsp3) is 0.588. The number of fused-ring (bicyclic) bond motifs is 1. The Morgan fingerprint density at radius 2 is 2.29 bits per heavy atom. The van der Waals surface area contributed by atoms with Crippen LogP contribution in [-0.4, -0.2) is 31.6 Å². The van der Waals surface area contributed by atoms with Gasteiger partial charge in [0.2, 0.25) is 5.91 Å². The number of hydrogen-bond acceptors (Lipinski definition) is 3. The molecule has 3 rings (SSSR count). The Morgan fingerprint density at radius 1 is 1.38 bits per heavy atom. The highest BCUT2D eigenvalue weighted by molar-refractivity contribution is 5.75. The smallest absolute Gasteiger partial charge is 0.220 e. The first-order chi connectivity index (χ1) is 10.3. The summed E-state index contributed by atoms with van der Waals surface area (Å²) in [5.74, 6) is 1.78. The van der Waals surface area contributed by atoms with Crippen molar-refractivity contribution in [1.29, 1.82) is 0 Å². The first kappa shape index (κ1) is 14.4. The molecule has 0 spiro atoms. The Hall–Kier alpha value is -1.55. The minimum Gasteiger partial charge on any atom is -0.488 e. The van der Waals surface area contributed by atoms with Crippen LogP contribution in [0, 0.1) is 5.92 Å². The number of rotatable bonds is 5. The van der Waals surface area contributed by atoms with Gasteiger partial charge < -0.3 is 15.4 Å². The van der Waals surface area contributed by atoms with Crippen LogP contribution in [0.3, 0.4) is 0 Å². The monoisotopic (exact) mass is 288 g/mol. The minimum atomic E-state index is 0.0858. The van der Waals surface area contributed by atoms with E-state index in [0.717, 1.165) is 31.7 Å². The van der Waals surface area contributed by atoms with Crippen molar-refractivity contribution in [1.82, 2.24) is 10.6 Å². The van der Waals surface area contributed by atoms with Gasteiger partial charge in [-0.2, -0.15) is 0 Å². The number of carbonyl (C=O) groups is 1. The van der Waals surface area contributed by atoms with Crippen molar-refractivity contribution in [2.75, 3.05) is 19.6 Å². The van der Waals surface area contributed by atoms with E-state index in [1.54, 1.807) is 0 Å². The third-order valence-corrected chi connectivity index (χ3v) is 4.42. The Labute approximate surface area is 126 Å². The van der Waals surface area contributed by atoms with Crippen LogP contribution in [0.15, 0.2) is 24.3 Å². The van der Waals surface area contributed by atoms with Gasteiger partial charge in [0.1, 0.15) is 11.9 Å². The molecule has 2 unspecified atom stereocenters. The molecule has 4 nitrogen and oxygen atoms in total. The number of piperidine rings is 1. The molecule has 2 aliphatic rings. The Morgan fingerprint density at radius 3 is 3.10 bits per heavy atom. The lowest BCUT2D eigenvalue weighted by molar-refractivity contribution is -0.121. The van der Waals surface area contributed by atoms with Crippen molar-refractivity contribution in [3.05, 3.63) is 29.8 Å². The summed E-state index contributed by atoms with van der Waals surface area (Å²) in [6.45, 7) is 2.80. The third kappa shape index (κ3) is 3.97. The molecule has 1 amide bonds. The van der Waals surface area contributed by atoms with E-state index in [4.69, 9.17) is 4.74 Å². The zero-order chi connectivity index (χ0) is 14.5. The summed E-state index contributed by atoms with van der Waals surface area (Å²) >= 11 is 0. The molecule has 4 heteroatoms. The summed E-state index contributed by atoms with van der Waals surface area (Å²) in [6, 6.07) is 8.10. The number of amides is 1. The van der Waals surface area contributed by atoms with Gasteiger partial charge >= 0.3 is 0 Å². The maximum absolute atomic E-state index is 11.9. The second kappa shape index (κ2) is 6.94. The summed E-state index contributed by atoms with van der Waals surface area (Å²) in [6.07, 6.45) is 5.09. The highest BCUT2D eigenvalue weighted by atomic mass is 16.5. The quantitative estimate of drug-likeness (QED) is 0.870. The summed E-state index contributed by atoms with van der Waals surface area (Å²) in [5.41, 5.74) is 1.24. The van der Waals surface area contributed by atoms with Gasteiger partial charge in [-0.1, -0.05) is 18.2 Å². The van der Waals surface area contributed by atoms with Gasteiger partial charge in [0, 0.05) is 12.8 Å². The topological polar surface area (TPSA) is 50.4 Å². The lowest BCUT2D eigenvalue weighted by Crippen LogP contribution is -2.35. The maximum atomic E-state index is 11.9.